The summed E-state index contributed by atoms with van der Waals surface area (Å²) in [7, 11) is 0. The van der Waals surface area contributed by atoms with Gasteiger partial charge in [0, 0.05) is 22.1 Å². The van der Waals surface area contributed by atoms with E-state index >= 15 is 0 Å². The van der Waals surface area contributed by atoms with Crippen molar-refractivity contribution in [2.24, 2.45) is 0 Å². The van der Waals surface area contributed by atoms with Gasteiger partial charge in [0.1, 0.15) is 0 Å². The zero-order valence-corrected chi connectivity index (χ0v) is 34.0. The molecule has 2 heteroatoms. The maximum Gasteiger partial charge on any atom is 0.0702 e. The van der Waals surface area contributed by atoms with Gasteiger partial charge in [-0.25, -0.2) is 0 Å². The Hall–Kier alpha value is -8.20. The summed E-state index contributed by atoms with van der Waals surface area (Å²) in [6.07, 6.45) is 0. The molecule has 0 saturated heterocycles. The average molecular weight is 789 g/mol. The lowest BCUT2D eigenvalue weighted by Crippen LogP contribution is -2.13. The van der Waals surface area contributed by atoms with Gasteiger partial charge in [-0.3, -0.25) is 0 Å². The lowest BCUT2D eigenvalue weighted by Gasteiger charge is -2.28. The fourth-order valence-electron chi connectivity index (χ4n) is 9.56. The first kappa shape index (κ1) is 35.7. The zero-order chi connectivity index (χ0) is 41.0. The Kier molecular flexibility index (Phi) is 8.53. The van der Waals surface area contributed by atoms with Gasteiger partial charge in [0.15, 0.2) is 0 Å². The second-order valence-corrected chi connectivity index (χ2v) is 16.1. The van der Waals surface area contributed by atoms with Crippen molar-refractivity contribution in [3.8, 4) is 39.1 Å². The fourth-order valence-corrected chi connectivity index (χ4v) is 9.56. The Morgan fingerprint density at radius 3 is 1.45 bits per heavy atom. The molecular formula is C60H40N2. The molecule has 62 heavy (non-hydrogen) atoms. The maximum atomic E-state index is 2.42. The van der Waals surface area contributed by atoms with Crippen LogP contribution in [0, 0.1) is 0 Å². The molecule has 0 spiro atoms. The van der Waals surface area contributed by atoms with Crippen molar-refractivity contribution < 1.29 is 0 Å². The van der Waals surface area contributed by atoms with E-state index in [9.17, 15) is 0 Å². The minimum Gasteiger partial charge on any atom is -0.308 e. The van der Waals surface area contributed by atoms with Crippen LogP contribution in [0.4, 0.5) is 17.1 Å². The van der Waals surface area contributed by atoms with Gasteiger partial charge in [-0.15, -0.1) is 0 Å². The van der Waals surface area contributed by atoms with E-state index in [1.54, 1.807) is 0 Å². The molecule has 12 rings (SSSR count). The third-order valence-corrected chi connectivity index (χ3v) is 12.6. The Bertz CT molecular complexity index is 3560. The first-order valence-electron chi connectivity index (χ1n) is 21.3. The van der Waals surface area contributed by atoms with E-state index in [4.69, 9.17) is 0 Å². The molecule has 0 N–H and O–H groups in total. The van der Waals surface area contributed by atoms with E-state index < -0.39 is 0 Å². The summed E-state index contributed by atoms with van der Waals surface area (Å²) in [5.74, 6) is 0. The van der Waals surface area contributed by atoms with E-state index in [1.165, 1.54) is 87.5 Å². The molecule has 1 heterocycles. The molecule has 0 fully saturated rings. The van der Waals surface area contributed by atoms with E-state index in [0.29, 0.717) is 0 Å². The van der Waals surface area contributed by atoms with Crippen molar-refractivity contribution >= 4 is 71.2 Å². The van der Waals surface area contributed by atoms with Crippen LogP contribution in [0.15, 0.2) is 243 Å². The molecule has 290 valence electrons. The van der Waals surface area contributed by atoms with Crippen LogP contribution in [0.25, 0.3) is 93.2 Å². The summed E-state index contributed by atoms with van der Waals surface area (Å²) in [6.45, 7) is 0. The predicted octanol–water partition coefficient (Wildman–Crippen LogP) is 16.7. The summed E-state index contributed by atoms with van der Waals surface area (Å²) in [5.41, 5.74) is 14.0. The third kappa shape index (κ3) is 6.04. The Morgan fingerprint density at radius 2 is 0.758 bits per heavy atom. The van der Waals surface area contributed by atoms with E-state index in [-0.39, 0.29) is 0 Å². The van der Waals surface area contributed by atoms with Crippen LogP contribution < -0.4 is 4.90 Å². The summed E-state index contributed by atoms with van der Waals surface area (Å²) in [5, 5.41) is 10.1. The van der Waals surface area contributed by atoms with E-state index in [2.05, 4.69) is 252 Å². The summed E-state index contributed by atoms with van der Waals surface area (Å²) >= 11 is 0. The summed E-state index contributed by atoms with van der Waals surface area (Å²) in [6, 6.07) is 88.5. The standard InChI is InChI=1S/C60H40N2/c1-2-14-47-40-48(29-28-41(47)12-1)44-26-24-42(25-27-44)43-30-35-49(36-31-43)61(59-22-9-10-23-60(59)62-57-20-7-5-16-55(57)56-17-6-8-21-58(56)62)50-37-32-46(33-38-50)52-18-11-19-53-51-15-4-3-13-45(51)34-39-54(52)53/h1-40H. The molecule has 2 nitrogen and oxygen atoms in total. The van der Waals surface area contributed by atoms with Crippen LogP contribution in [-0.4, -0.2) is 4.57 Å². The molecule has 1 aromatic heterocycles. The van der Waals surface area contributed by atoms with Gasteiger partial charge in [-0.1, -0.05) is 188 Å². The van der Waals surface area contributed by atoms with Gasteiger partial charge in [-0.2, -0.15) is 0 Å². The second kappa shape index (κ2) is 14.8. The van der Waals surface area contributed by atoms with Crippen molar-refractivity contribution in [1.29, 1.82) is 0 Å². The number of fused-ring (bicyclic) bond motifs is 7. The lowest BCUT2D eigenvalue weighted by molar-refractivity contribution is 1.15. The van der Waals surface area contributed by atoms with Crippen LogP contribution >= 0.6 is 0 Å². The molecule has 12 aromatic rings. The minimum absolute atomic E-state index is 1.08. The van der Waals surface area contributed by atoms with Crippen molar-refractivity contribution in [2.75, 3.05) is 4.90 Å². The molecular weight excluding hydrogens is 749 g/mol. The van der Waals surface area contributed by atoms with Crippen LogP contribution in [0.3, 0.4) is 0 Å². The van der Waals surface area contributed by atoms with E-state index in [0.717, 1.165) is 22.7 Å². The maximum absolute atomic E-state index is 2.42. The molecule has 0 aliphatic heterocycles. The highest BCUT2D eigenvalue weighted by molar-refractivity contribution is 6.12. The first-order chi connectivity index (χ1) is 30.7. The number of hydrogen-bond donors (Lipinski definition) is 0. The van der Waals surface area contributed by atoms with Gasteiger partial charge >= 0.3 is 0 Å². The smallest absolute Gasteiger partial charge is 0.0702 e. The number of benzene rings is 11. The number of aromatic nitrogens is 1. The monoisotopic (exact) mass is 788 g/mol. The Labute approximate surface area is 360 Å². The molecule has 11 aromatic carbocycles. The van der Waals surface area contributed by atoms with Crippen molar-refractivity contribution in [3.63, 3.8) is 0 Å². The largest absolute Gasteiger partial charge is 0.308 e. The Balaban J connectivity index is 0.969. The quantitative estimate of drug-likeness (QED) is 0.146. The number of anilines is 3. The van der Waals surface area contributed by atoms with Crippen LogP contribution in [0.2, 0.25) is 0 Å². The normalized spacial score (nSPS) is 11.5. The third-order valence-electron chi connectivity index (χ3n) is 12.6. The molecule has 0 bridgehead atoms. The molecule has 0 radical (unpaired) electrons. The van der Waals surface area contributed by atoms with Gasteiger partial charge < -0.3 is 9.47 Å². The minimum atomic E-state index is 1.08. The van der Waals surface area contributed by atoms with Crippen LogP contribution in [0.5, 0.6) is 0 Å². The van der Waals surface area contributed by atoms with Crippen LogP contribution in [0.1, 0.15) is 0 Å². The average Bonchev–Trinajstić information content (AvgIpc) is 3.68. The number of nitrogens with zero attached hydrogens (tertiary/aromatic N) is 2. The van der Waals surface area contributed by atoms with Crippen molar-refractivity contribution in [2.45, 2.75) is 0 Å². The van der Waals surface area contributed by atoms with Crippen molar-refractivity contribution in [1.82, 2.24) is 4.57 Å². The zero-order valence-electron chi connectivity index (χ0n) is 34.0. The highest BCUT2D eigenvalue weighted by Gasteiger charge is 2.21. The van der Waals surface area contributed by atoms with Gasteiger partial charge in [0.2, 0.25) is 0 Å². The SMILES string of the molecule is c1ccc(-n2c3ccccc3c3ccccc32)c(N(c2ccc(-c3ccc(-c4ccc5ccccc5c4)cc3)cc2)c2ccc(-c3cccc4c3ccc3ccccc34)cc2)c1. The Morgan fingerprint density at radius 1 is 0.274 bits per heavy atom. The molecule has 0 amide bonds. The van der Waals surface area contributed by atoms with Gasteiger partial charge in [0.25, 0.3) is 0 Å². The highest BCUT2D eigenvalue weighted by atomic mass is 15.2. The number of hydrogen-bond acceptors (Lipinski definition) is 1. The lowest BCUT2D eigenvalue weighted by atomic mass is 9.94. The molecule has 0 unspecified atom stereocenters. The highest BCUT2D eigenvalue weighted by Crippen LogP contribution is 2.43. The summed E-state index contributed by atoms with van der Waals surface area (Å²) in [4.78, 5) is 2.41. The van der Waals surface area contributed by atoms with Gasteiger partial charge in [-0.05, 0) is 120 Å². The first-order valence-corrected chi connectivity index (χ1v) is 21.3. The van der Waals surface area contributed by atoms with E-state index in [1.807, 2.05) is 0 Å². The predicted molar refractivity (Wildman–Crippen MR) is 264 cm³/mol. The van der Waals surface area contributed by atoms with Crippen LogP contribution in [-0.2, 0) is 0 Å². The molecule has 0 atom stereocenters. The molecule has 0 aliphatic carbocycles. The number of rotatable bonds is 7. The fraction of sp³-hybridized carbons (Fsp3) is 0. The number of para-hydroxylation sites is 4. The van der Waals surface area contributed by atoms with Gasteiger partial charge in [0.05, 0.1) is 22.4 Å². The second-order valence-electron chi connectivity index (χ2n) is 16.1. The van der Waals surface area contributed by atoms with Crippen molar-refractivity contribution in [3.05, 3.63) is 243 Å². The summed E-state index contributed by atoms with van der Waals surface area (Å²) < 4.78 is 2.42. The molecule has 0 saturated carbocycles. The topological polar surface area (TPSA) is 8.17 Å². The molecule has 0 aliphatic rings.